The molecule has 0 radical (unpaired) electrons. The Morgan fingerprint density at radius 3 is 2.59 bits per heavy atom. The van der Waals surface area contributed by atoms with Crippen LogP contribution in [-0.4, -0.2) is 89.8 Å². The molecular weight excluding hydrogens is 619 g/mol. The first kappa shape index (κ1) is 30.0. The molecule has 2 fully saturated rings. The van der Waals surface area contributed by atoms with Crippen molar-refractivity contribution in [2.75, 3.05) is 33.5 Å². The van der Waals surface area contributed by atoms with Crippen LogP contribution < -0.4 is 14.8 Å². The molecular formula is C28H39IN2O8. The van der Waals surface area contributed by atoms with E-state index in [2.05, 4.69) is 27.9 Å². The SMILES string of the molecule is COc1cc(CO)cc(I)c1O[C@H]1C=C(C(=O)NCCO)C[C@@H](N(C(=O)C2CCOC2)C2CCCCC2)[C@@H]1O. The lowest BCUT2D eigenvalue weighted by Gasteiger charge is -2.46. The van der Waals surface area contributed by atoms with E-state index in [0.29, 0.717) is 45.8 Å². The van der Waals surface area contributed by atoms with Crippen LogP contribution >= 0.6 is 22.6 Å². The summed E-state index contributed by atoms with van der Waals surface area (Å²) in [5.41, 5.74) is 1.04. The maximum absolute atomic E-state index is 13.9. The first-order chi connectivity index (χ1) is 18.9. The Kier molecular flexibility index (Phi) is 10.9. The van der Waals surface area contributed by atoms with E-state index in [0.717, 1.165) is 32.1 Å². The standard InChI is InChI=1S/C28H39IN2O8/c1-37-24-12-17(15-33)11-21(29)26(24)39-23-14-19(27(35)30-8-9-32)13-22(25(23)34)31(20-5-3-2-4-6-20)28(36)18-7-10-38-16-18/h11-12,14,18,20,22-23,25,32-34H,2-10,13,15-16H2,1H3,(H,30,35)/t18?,22-,23+,25+/m1/s1. The molecule has 0 spiro atoms. The van der Waals surface area contributed by atoms with Gasteiger partial charge in [-0.05, 0) is 65.6 Å². The molecule has 11 heteroatoms. The van der Waals surface area contributed by atoms with Gasteiger partial charge in [-0.25, -0.2) is 0 Å². The second-order valence-corrected chi connectivity index (χ2v) is 11.5. The monoisotopic (exact) mass is 658 g/mol. The summed E-state index contributed by atoms with van der Waals surface area (Å²) >= 11 is 2.08. The fraction of sp³-hybridized carbons (Fsp3) is 0.643. The van der Waals surface area contributed by atoms with E-state index in [-0.39, 0.29) is 50.0 Å². The van der Waals surface area contributed by atoms with Crippen molar-refractivity contribution >= 4 is 34.4 Å². The van der Waals surface area contributed by atoms with Crippen molar-refractivity contribution in [3.8, 4) is 11.5 Å². The summed E-state index contributed by atoms with van der Waals surface area (Å²) in [7, 11) is 1.50. The van der Waals surface area contributed by atoms with Gasteiger partial charge in [0.05, 0.1) is 42.5 Å². The molecule has 1 saturated carbocycles. The number of amides is 2. The van der Waals surface area contributed by atoms with Crippen molar-refractivity contribution in [3.05, 3.63) is 32.9 Å². The summed E-state index contributed by atoms with van der Waals surface area (Å²) in [5, 5.41) is 33.3. The number of methoxy groups -OCH3 is 1. The topological polar surface area (TPSA) is 138 Å². The Balaban J connectivity index is 1.71. The molecule has 1 aromatic rings. The van der Waals surface area contributed by atoms with Crippen LogP contribution in [0, 0.1) is 9.49 Å². The van der Waals surface area contributed by atoms with Crippen LogP contribution in [0.3, 0.4) is 0 Å². The summed E-state index contributed by atoms with van der Waals surface area (Å²) in [6.45, 7) is 0.612. The number of aliphatic hydroxyl groups is 3. The van der Waals surface area contributed by atoms with E-state index in [4.69, 9.17) is 14.2 Å². The lowest BCUT2D eigenvalue weighted by molar-refractivity contribution is -0.147. The van der Waals surface area contributed by atoms with Gasteiger partial charge in [0, 0.05) is 31.2 Å². The fourth-order valence-corrected chi connectivity index (χ4v) is 6.57. The summed E-state index contributed by atoms with van der Waals surface area (Å²) in [6.07, 6.45) is 5.17. The predicted octanol–water partition coefficient (Wildman–Crippen LogP) is 1.91. The molecule has 0 aromatic heterocycles. The Hall–Kier alpha value is -1.93. The zero-order valence-electron chi connectivity index (χ0n) is 22.3. The second kappa shape index (κ2) is 14.1. The van der Waals surface area contributed by atoms with E-state index in [1.165, 1.54) is 7.11 Å². The molecule has 4 N–H and O–H groups in total. The van der Waals surface area contributed by atoms with Gasteiger partial charge in [-0.1, -0.05) is 19.3 Å². The molecule has 1 saturated heterocycles. The average molecular weight is 659 g/mol. The molecule has 0 bridgehead atoms. The minimum absolute atomic E-state index is 0.0366. The van der Waals surface area contributed by atoms with Gasteiger partial charge in [0.1, 0.15) is 12.2 Å². The van der Waals surface area contributed by atoms with Crippen molar-refractivity contribution < 1.29 is 39.1 Å². The Morgan fingerprint density at radius 2 is 1.95 bits per heavy atom. The normalized spacial score (nSPS) is 25.6. The van der Waals surface area contributed by atoms with Crippen LogP contribution in [0.5, 0.6) is 11.5 Å². The van der Waals surface area contributed by atoms with E-state index in [1.54, 1.807) is 18.2 Å². The molecule has 3 aliphatic rings. The number of rotatable bonds is 10. The number of benzene rings is 1. The van der Waals surface area contributed by atoms with Gasteiger partial charge < -0.3 is 39.7 Å². The Labute approximate surface area is 242 Å². The summed E-state index contributed by atoms with van der Waals surface area (Å²) in [4.78, 5) is 28.9. The highest BCUT2D eigenvalue weighted by Crippen LogP contribution is 2.38. The molecule has 1 aliphatic heterocycles. The number of nitrogens with zero attached hydrogens (tertiary/aromatic N) is 1. The number of carbonyl (C=O) groups excluding carboxylic acids is 2. The number of halogens is 1. The van der Waals surface area contributed by atoms with Gasteiger partial charge in [0.2, 0.25) is 11.8 Å². The van der Waals surface area contributed by atoms with E-state index in [1.807, 2.05) is 4.90 Å². The van der Waals surface area contributed by atoms with Crippen molar-refractivity contribution in [2.45, 2.75) is 75.8 Å². The number of hydrogen-bond donors (Lipinski definition) is 4. The zero-order chi connectivity index (χ0) is 27.9. The van der Waals surface area contributed by atoms with Crippen LogP contribution in [-0.2, 0) is 20.9 Å². The molecule has 1 aromatic carbocycles. The third kappa shape index (κ3) is 7.05. The molecule has 2 amide bonds. The van der Waals surface area contributed by atoms with E-state index in [9.17, 15) is 24.9 Å². The van der Waals surface area contributed by atoms with Gasteiger partial charge in [0.15, 0.2) is 11.5 Å². The highest BCUT2D eigenvalue weighted by atomic mass is 127. The van der Waals surface area contributed by atoms with Gasteiger partial charge in [-0.15, -0.1) is 0 Å². The molecule has 1 heterocycles. The van der Waals surface area contributed by atoms with Crippen LogP contribution in [0.2, 0.25) is 0 Å². The Bertz CT molecular complexity index is 1040. The Morgan fingerprint density at radius 1 is 1.18 bits per heavy atom. The van der Waals surface area contributed by atoms with Crippen LogP contribution in [0.1, 0.15) is 50.5 Å². The van der Waals surface area contributed by atoms with Gasteiger partial charge in [0.25, 0.3) is 0 Å². The summed E-state index contributed by atoms with van der Waals surface area (Å²) in [5.74, 6) is 0.0864. The highest BCUT2D eigenvalue weighted by Gasteiger charge is 2.45. The molecule has 2 aliphatic carbocycles. The largest absolute Gasteiger partial charge is 0.493 e. The van der Waals surface area contributed by atoms with Gasteiger partial charge in [-0.3, -0.25) is 9.59 Å². The minimum Gasteiger partial charge on any atom is -0.493 e. The maximum Gasteiger partial charge on any atom is 0.247 e. The molecule has 216 valence electrons. The zero-order valence-corrected chi connectivity index (χ0v) is 24.5. The van der Waals surface area contributed by atoms with Crippen molar-refractivity contribution in [2.24, 2.45) is 5.92 Å². The van der Waals surface area contributed by atoms with E-state index >= 15 is 0 Å². The van der Waals surface area contributed by atoms with Gasteiger partial charge >= 0.3 is 0 Å². The van der Waals surface area contributed by atoms with Crippen molar-refractivity contribution in [3.63, 3.8) is 0 Å². The highest BCUT2D eigenvalue weighted by molar-refractivity contribution is 14.1. The quantitative estimate of drug-likeness (QED) is 0.280. The predicted molar refractivity (Wildman–Crippen MR) is 151 cm³/mol. The maximum atomic E-state index is 13.9. The second-order valence-electron chi connectivity index (χ2n) is 10.4. The molecule has 4 atom stereocenters. The molecule has 4 rings (SSSR count). The number of ether oxygens (including phenoxy) is 3. The summed E-state index contributed by atoms with van der Waals surface area (Å²) in [6, 6.07) is 2.72. The van der Waals surface area contributed by atoms with E-state index < -0.39 is 18.2 Å². The lowest BCUT2D eigenvalue weighted by atomic mass is 9.84. The third-order valence-corrected chi connectivity index (χ3v) is 8.60. The fourth-order valence-electron chi connectivity index (χ4n) is 5.78. The smallest absolute Gasteiger partial charge is 0.247 e. The number of aliphatic hydroxyl groups excluding tert-OH is 3. The van der Waals surface area contributed by atoms with Crippen molar-refractivity contribution in [1.29, 1.82) is 0 Å². The lowest BCUT2D eigenvalue weighted by Crippen LogP contribution is -2.59. The van der Waals surface area contributed by atoms with Crippen LogP contribution in [0.15, 0.2) is 23.8 Å². The third-order valence-electron chi connectivity index (χ3n) is 7.80. The first-order valence-corrected chi connectivity index (χ1v) is 14.8. The van der Waals surface area contributed by atoms with Crippen LogP contribution in [0.25, 0.3) is 0 Å². The van der Waals surface area contributed by atoms with Crippen molar-refractivity contribution in [1.82, 2.24) is 10.2 Å². The first-order valence-electron chi connectivity index (χ1n) is 13.7. The van der Waals surface area contributed by atoms with Gasteiger partial charge in [-0.2, -0.15) is 0 Å². The van der Waals surface area contributed by atoms with Crippen LogP contribution in [0.4, 0.5) is 0 Å². The molecule has 1 unspecified atom stereocenters. The summed E-state index contributed by atoms with van der Waals surface area (Å²) < 4.78 is 18.1. The average Bonchev–Trinajstić information content (AvgIpc) is 3.50. The number of carbonyl (C=O) groups is 2. The molecule has 10 nitrogen and oxygen atoms in total. The minimum atomic E-state index is -1.11. The molecule has 39 heavy (non-hydrogen) atoms. The number of hydrogen-bond acceptors (Lipinski definition) is 8. The number of nitrogens with one attached hydrogen (secondary N) is 1.